The fourth-order valence-electron chi connectivity index (χ4n) is 1.91. The number of methoxy groups -OCH3 is 1. The lowest BCUT2D eigenvalue weighted by Crippen LogP contribution is -2.25. The lowest BCUT2D eigenvalue weighted by atomic mass is 10.2. The van der Waals surface area contributed by atoms with Crippen LogP contribution in [0.1, 0.15) is 15.9 Å². The number of benzene rings is 1. The van der Waals surface area contributed by atoms with E-state index >= 15 is 0 Å². The minimum absolute atomic E-state index is 0.0924. The van der Waals surface area contributed by atoms with Crippen LogP contribution in [0.4, 0.5) is 8.78 Å². The zero-order chi connectivity index (χ0) is 17.4. The maximum absolute atomic E-state index is 12.3. The number of carbonyl (C=O) groups is 1. The van der Waals surface area contributed by atoms with Crippen molar-refractivity contribution in [1.29, 1.82) is 0 Å². The average molecular weight is 373 g/mol. The quantitative estimate of drug-likeness (QED) is 0.675. The molecule has 0 bridgehead atoms. The van der Waals surface area contributed by atoms with E-state index < -0.39 is 6.61 Å². The molecule has 0 aliphatic carbocycles. The summed E-state index contributed by atoms with van der Waals surface area (Å²) in [6.45, 7) is -2.43. The van der Waals surface area contributed by atoms with Gasteiger partial charge < -0.3 is 14.8 Å². The van der Waals surface area contributed by atoms with Crippen molar-refractivity contribution in [3.8, 4) is 11.5 Å². The van der Waals surface area contributed by atoms with Gasteiger partial charge in [-0.25, -0.2) is 0 Å². The summed E-state index contributed by atoms with van der Waals surface area (Å²) in [4.78, 5) is 12.1. The van der Waals surface area contributed by atoms with E-state index in [9.17, 15) is 13.6 Å². The summed E-state index contributed by atoms with van der Waals surface area (Å²) in [5, 5.41) is 6.92. The summed E-state index contributed by atoms with van der Waals surface area (Å²) in [6, 6.07) is 6.18. The third kappa shape index (κ3) is 5.68. The number of thioether (sulfide) groups is 1. The molecule has 1 aromatic carbocycles. The first-order valence-corrected chi connectivity index (χ1v) is 9.19. The summed E-state index contributed by atoms with van der Waals surface area (Å²) < 4.78 is 33.9. The number of thiophene rings is 1. The highest BCUT2D eigenvalue weighted by molar-refractivity contribution is 7.98. The normalized spacial score (nSPS) is 10.7. The van der Waals surface area contributed by atoms with Crippen molar-refractivity contribution in [1.82, 2.24) is 5.32 Å². The van der Waals surface area contributed by atoms with Crippen LogP contribution < -0.4 is 14.8 Å². The van der Waals surface area contributed by atoms with E-state index in [0.29, 0.717) is 12.1 Å². The predicted octanol–water partition coefficient (Wildman–Crippen LogP) is 4.02. The molecule has 0 fully saturated rings. The van der Waals surface area contributed by atoms with Gasteiger partial charge >= 0.3 is 6.61 Å². The average Bonchev–Trinajstić information content (AvgIpc) is 3.07. The second-order valence-corrected chi connectivity index (χ2v) is 6.57. The topological polar surface area (TPSA) is 47.6 Å². The molecule has 0 unspecified atom stereocenters. The molecule has 2 rings (SSSR count). The Morgan fingerprint density at radius 2 is 2.17 bits per heavy atom. The molecule has 1 aromatic heterocycles. The van der Waals surface area contributed by atoms with Gasteiger partial charge in [0.25, 0.3) is 5.91 Å². The van der Waals surface area contributed by atoms with Crippen molar-refractivity contribution in [2.75, 3.05) is 19.4 Å². The zero-order valence-corrected chi connectivity index (χ0v) is 14.6. The van der Waals surface area contributed by atoms with Gasteiger partial charge in [-0.3, -0.25) is 4.79 Å². The predicted molar refractivity (Wildman–Crippen MR) is 92.4 cm³/mol. The maximum atomic E-state index is 12.3. The Morgan fingerprint density at radius 3 is 2.83 bits per heavy atom. The van der Waals surface area contributed by atoms with Crippen LogP contribution in [0.3, 0.4) is 0 Å². The fourth-order valence-corrected chi connectivity index (χ4v) is 3.49. The summed E-state index contributed by atoms with van der Waals surface area (Å²) in [5.74, 6) is 1.40. The molecule has 1 N–H and O–H groups in total. The van der Waals surface area contributed by atoms with E-state index in [-0.39, 0.29) is 17.4 Å². The van der Waals surface area contributed by atoms with Crippen LogP contribution in [0.5, 0.6) is 11.5 Å². The van der Waals surface area contributed by atoms with Gasteiger partial charge in [-0.05, 0) is 40.6 Å². The number of amides is 1. The Morgan fingerprint density at radius 1 is 1.33 bits per heavy atom. The molecular formula is C16H17F2NO3S2. The minimum Gasteiger partial charge on any atom is -0.493 e. The molecule has 0 saturated carbocycles. The Hall–Kier alpha value is -1.80. The van der Waals surface area contributed by atoms with Crippen LogP contribution in [0.2, 0.25) is 0 Å². The molecule has 0 spiro atoms. The third-order valence-electron chi connectivity index (χ3n) is 3.02. The van der Waals surface area contributed by atoms with Gasteiger partial charge in [0.15, 0.2) is 11.5 Å². The van der Waals surface area contributed by atoms with E-state index in [1.54, 1.807) is 23.1 Å². The molecule has 0 aliphatic heterocycles. The number of hydrogen-bond acceptors (Lipinski definition) is 5. The Kier molecular flexibility index (Phi) is 7.33. The summed E-state index contributed by atoms with van der Waals surface area (Å²) in [7, 11) is 1.33. The highest BCUT2D eigenvalue weighted by Gasteiger charge is 2.13. The Balaban J connectivity index is 1.81. The summed E-state index contributed by atoms with van der Waals surface area (Å²) in [6.07, 6.45) is 0. The van der Waals surface area contributed by atoms with Crippen LogP contribution in [-0.2, 0) is 5.75 Å². The van der Waals surface area contributed by atoms with Gasteiger partial charge in [-0.15, -0.1) is 0 Å². The summed E-state index contributed by atoms with van der Waals surface area (Å²) in [5.41, 5.74) is 1.60. The van der Waals surface area contributed by atoms with Crippen LogP contribution in [0.25, 0.3) is 0 Å². The number of alkyl halides is 2. The van der Waals surface area contributed by atoms with Crippen molar-refractivity contribution in [2.45, 2.75) is 12.4 Å². The largest absolute Gasteiger partial charge is 0.493 e. The number of hydrogen-bond donors (Lipinski definition) is 1. The lowest BCUT2D eigenvalue weighted by molar-refractivity contribution is -0.0512. The first kappa shape index (κ1) is 18.5. The highest BCUT2D eigenvalue weighted by atomic mass is 32.2. The minimum atomic E-state index is -2.95. The SMILES string of the molecule is COc1cc(C(=O)NCCSCc2ccsc2)ccc1OC(F)F. The molecule has 1 amide bonds. The van der Waals surface area contributed by atoms with E-state index in [1.165, 1.54) is 30.9 Å². The molecule has 4 nitrogen and oxygen atoms in total. The van der Waals surface area contributed by atoms with Crippen molar-refractivity contribution in [3.05, 3.63) is 46.2 Å². The molecule has 0 saturated heterocycles. The second kappa shape index (κ2) is 9.48. The first-order valence-electron chi connectivity index (χ1n) is 7.10. The molecule has 130 valence electrons. The third-order valence-corrected chi connectivity index (χ3v) is 4.78. The molecule has 8 heteroatoms. The van der Waals surface area contributed by atoms with Crippen molar-refractivity contribution in [2.24, 2.45) is 0 Å². The molecule has 2 aromatic rings. The van der Waals surface area contributed by atoms with E-state index in [1.807, 2.05) is 5.38 Å². The van der Waals surface area contributed by atoms with Gasteiger partial charge in [0.1, 0.15) is 0 Å². The van der Waals surface area contributed by atoms with Gasteiger partial charge in [0.2, 0.25) is 0 Å². The monoisotopic (exact) mass is 373 g/mol. The molecular weight excluding hydrogens is 356 g/mol. The smallest absolute Gasteiger partial charge is 0.387 e. The fraction of sp³-hybridized carbons (Fsp3) is 0.312. The lowest BCUT2D eigenvalue weighted by Gasteiger charge is -2.11. The van der Waals surface area contributed by atoms with Gasteiger partial charge in [0, 0.05) is 23.6 Å². The number of rotatable bonds is 9. The molecule has 0 radical (unpaired) electrons. The summed E-state index contributed by atoms with van der Waals surface area (Å²) >= 11 is 3.39. The van der Waals surface area contributed by atoms with Crippen LogP contribution in [-0.4, -0.2) is 31.9 Å². The maximum Gasteiger partial charge on any atom is 0.387 e. The molecule has 1 heterocycles. The highest BCUT2D eigenvalue weighted by Crippen LogP contribution is 2.29. The van der Waals surface area contributed by atoms with Crippen LogP contribution in [0.15, 0.2) is 35.0 Å². The first-order chi connectivity index (χ1) is 11.6. The van der Waals surface area contributed by atoms with Gasteiger partial charge in [-0.1, -0.05) is 0 Å². The number of halogens is 2. The van der Waals surface area contributed by atoms with Crippen molar-refractivity contribution >= 4 is 29.0 Å². The Bertz CT molecular complexity index is 651. The molecule has 0 atom stereocenters. The van der Waals surface area contributed by atoms with Crippen molar-refractivity contribution < 1.29 is 23.0 Å². The standard InChI is InChI=1S/C16H17F2NO3S2/c1-21-14-8-12(2-3-13(14)22-16(17)18)15(20)19-5-7-24-10-11-4-6-23-9-11/h2-4,6,8-9,16H,5,7,10H2,1H3,(H,19,20). The van der Waals surface area contributed by atoms with Crippen molar-refractivity contribution in [3.63, 3.8) is 0 Å². The van der Waals surface area contributed by atoms with Crippen LogP contribution in [0, 0.1) is 0 Å². The van der Waals surface area contributed by atoms with E-state index in [2.05, 4.69) is 21.5 Å². The molecule has 24 heavy (non-hydrogen) atoms. The van der Waals surface area contributed by atoms with Gasteiger partial charge in [-0.2, -0.15) is 31.9 Å². The van der Waals surface area contributed by atoms with Gasteiger partial charge in [0.05, 0.1) is 7.11 Å². The molecule has 0 aliphatic rings. The Labute approximate surface area is 147 Å². The van der Waals surface area contributed by atoms with Crippen LogP contribution >= 0.6 is 23.1 Å². The second-order valence-electron chi connectivity index (χ2n) is 4.68. The van der Waals surface area contributed by atoms with E-state index in [4.69, 9.17) is 4.74 Å². The zero-order valence-electron chi connectivity index (χ0n) is 13.0. The number of ether oxygens (including phenoxy) is 2. The van der Waals surface area contributed by atoms with E-state index in [0.717, 1.165) is 11.5 Å². The number of nitrogens with one attached hydrogen (secondary N) is 1. The number of carbonyl (C=O) groups excluding carboxylic acids is 1.